The van der Waals surface area contributed by atoms with E-state index in [0.29, 0.717) is 19.6 Å². The van der Waals surface area contributed by atoms with Gasteiger partial charge in [-0.25, -0.2) is 9.18 Å². The highest BCUT2D eigenvalue weighted by Gasteiger charge is 2.44. The van der Waals surface area contributed by atoms with Crippen molar-refractivity contribution < 1.29 is 54.7 Å². The molecule has 2 aliphatic heterocycles. The van der Waals surface area contributed by atoms with Crippen LogP contribution in [0.4, 0.5) is 30.7 Å². The first-order valence-corrected chi connectivity index (χ1v) is 12.0. The summed E-state index contributed by atoms with van der Waals surface area (Å²) in [5, 5.41) is 3.35. The predicted octanol–water partition coefficient (Wildman–Crippen LogP) is 1.89. The van der Waals surface area contributed by atoms with Gasteiger partial charge in [-0.1, -0.05) is 6.07 Å². The van der Waals surface area contributed by atoms with Crippen molar-refractivity contribution >= 4 is 17.8 Å². The van der Waals surface area contributed by atoms with Gasteiger partial charge in [-0.3, -0.25) is 14.4 Å². The van der Waals surface area contributed by atoms with E-state index in [-0.39, 0.29) is 37.1 Å². The van der Waals surface area contributed by atoms with Crippen molar-refractivity contribution in [3.8, 4) is 0 Å². The van der Waals surface area contributed by atoms with E-state index in [2.05, 4.69) is 9.94 Å². The number of halogens is 7. The lowest BCUT2D eigenvalue weighted by Crippen LogP contribution is -2.55. The second-order valence-corrected chi connectivity index (χ2v) is 9.32. The standard InChI is InChI=1S/C24H21F7N4O6/c1-12-17(32-35(41-22(39)24(29,30)31)21(38)19(12)23(26,27)28)9-13-2-3-16(25)15(8-13)20(37)33-5-6-34(18(36)10-33)14-4-7-40-11-14/h2-3,8,14H,4-7,9-11H2,1H3. The van der Waals surface area contributed by atoms with Gasteiger partial charge in [0.2, 0.25) is 5.91 Å². The number of carbonyl (C=O) groups excluding carboxylic acids is 3. The molecule has 0 N–H and O–H groups in total. The maximum atomic E-state index is 14.7. The van der Waals surface area contributed by atoms with Gasteiger partial charge in [0, 0.05) is 26.1 Å². The number of aromatic nitrogens is 2. The lowest BCUT2D eigenvalue weighted by molar-refractivity contribution is -0.202. The Kier molecular flexibility index (Phi) is 8.11. The molecule has 0 saturated carbocycles. The topological polar surface area (TPSA) is 111 Å². The molecule has 1 atom stereocenters. The molecule has 0 aliphatic carbocycles. The van der Waals surface area contributed by atoms with Crippen molar-refractivity contribution in [3.05, 3.63) is 62.3 Å². The number of hydrogen-bond acceptors (Lipinski definition) is 7. The minimum absolute atomic E-state index is 0.0149. The Morgan fingerprint density at radius 3 is 2.41 bits per heavy atom. The summed E-state index contributed by atoms with van der Waals surface area (Å²) in [6.45, 7) is 1.61. The van der Waals surface area contributed by atoms with Gasteiger partial charge >= 0.3 is 23.9 Å². The molecule has 41 heavy (non-hydrogen) atoms. The predicted molar refractivity (Wildman–Crippen MR) is 122 cm³/mol. The van der Waals surface area contributed by atoms with E-state index in [0.717, 1.165) is 30.0 Å². The summed E-state index contributed by atoms with van der Waals surface area (Å²) in [5.41, 5.74) is -6.03. The second kappa shape index (κ2) is 11.1. The summed E-state index contributed by atoms with van der Waals surface area (Å²) in [4.78, 5) is 54.8. The number of benzene rings is 1. The maximum Gasteiger partial charge on any atom is 0.493 e. The Morgan fingerprint density at radius 2 is 1.83 bits per heavy atom. The number of piperazine rings is 1. The molecule has 0 spiro atoms. The van der Waals surface area contributed by atoms with Crippen LogP contribution in [0, 0.1) is 12.7 Å². The van der Waals surface area contributed by atoms with Gasteiger partial charge in [-0.2, -0.15) is 26.3 Å². The van der Waals surface area contributed by atoms with Crippen molar-refractivity contribution in [2.45, 2.75) is 38.2 Å². The minimum Gasteiger partial charge on any atom is -0.379 e. The Balaban J connectivity index is 1.62. The van der Waals surface area contributed by atoms with E-state index in [9.17, 15) is 49.9 Å². The Morgan fingerprint density at radius 1 is 1.12 bits per heavy atom. The van der Waals surface area contributed by atoms with Crippen LogP contribution in [0.3, 0.4) is 0 Å². The summed E-state index contributed by atoms with van der Waals surface area (Å²) in [6, 6.07) is 2.79. The smallest absolute Gasteiger partial charge is 0.379 e. The van der Waals surface area contributed by atoms with Crippen LogP contribution >= 0.6 is 0 Å². The largest absolute Gasteiger partial charge is 0.493 e. The fourth-order valence-electron chi connectivity index (χ4n) is 4.55. The van der Waals surface area contributed by atoms with E-state index < -0.39 is 69.3 Å². The lowest BCUT2D eigenvalue weighted by atomic mass is 10.0. The molecule has 10 nitrogen and oxygen atoms in total. The number of alkyl halides is 6. The van der Waals surface area contributed by atoms with E-state index >= 15 is 0 Å². The highest BCUT2D eigenvalue weighted by molar-refractivity contribution is 5.97. The van der Waals surface area contributed by atoms with Gasteiger partial charge in [-0.05, 0) is 41.4 Å². The number of nitrogens with zero attached hydrogens (tertiary/aromatic N) is 4. The van der Waals surface area contributed by atoms with E-state index in [1.54, 1.807) is 4.90 Å². The van der Waals surface area contributed by atoms with Gasteiger partial charge in [0.25, 0.3) is 5.91 Å². The number of ether oxygens (including phenoxy) is 1. The molecule has 1 aromatic carbocycles. The number of rotatable bonds is 5. The fraction of sp³-hybridized carbons (Fsp3) is 0.458. The third kappa shape index (κ3) is 6.34. The van der Waals surface area contributed by atoms with Gasteiger partial charge in [0.1, 0.15) is 17.9 Å². The zero-order valence-corrected chi connectivity index (χ0v) is 21.1. The van der Waals surface area contributed by atoms with Gasteiger partial charge < -0.3 is 19.4 Å². The molecule has 2 amide bonds. The van der Waals surface area contributed by atoms with Crippen LogP contribution in [0.15, 0.2) is 23.0 Å². The van der Waals surface area contributed by atoms with Gasteiger partial charge in [-0.15, -0.1) is 5.10 Å². The summed E-state index contributed by atoms with van der Waals surface area (Å²) in [6.07, 6.45) is -11.0. The van der Waals surface area contributed by atoms with Crippen molar-refractivity contribution in [3.63, 3.8) is 0 Å². The zero-order chi connectivity index (χ0) is 30.3. The molecular weight excluding hydrogens is 573 g/mol. The highest BCUT2D eigenvalue weighted by Crippen LogP contribution is 2.31. The molecule has 2 saturated heterocycles. The van der Waals surface area contributed by atoms with Crippen molar-refractivity contribution in [1.82, 2.24) is 19.7 Å². The van der Waals surface area contributed by atoms with Crippen LogP contribution in [0.2, 0.25) is 0 Å². The summed E-state index contributed by atoms with van der Waals surface area (Å²) in [7, 11) is 0. The second-order valence-electron chi connectivity index (χ2n) is 9.32. The van der Waals surface area contributed by atoms with Crippen molar-refractivity contribution in [2.75, 3.05) is 32.8 Å². The van der Waals surface area contributed by atoms with Crippen LogP contribution in [0.5, 0.6) is 0 Å². The van der Waals surface area contributed by atoms with Crippen LogP contribution in [-0.2, 0) is 26.9 Å². The quantitative estimate of drug-likeness (QED) is 0.487. The Labute approximate surface area is 226 Å². The Hall–Kier alpha value is -4.02. The molecule has 0 bridgehead atoms. The summed E-state index contributed by atoms with van der Waals surface area (Å²) >= 11 is 0. The van der Waals surface area contributed by atoms with E-state index in [4.69, 9.17) is 4.74 Å². The number of carbonyl (C=O) groups is 3. The summed E-state index contributed by atoms with van der Waals surface area (Å²) < 4.78 is 98.7. The normalized spacial score (nSPS) is 18.1. The van der Waals surface area contributed by atoms with Crippen LogP contribution in [0.1, 0.15) is 39.2 Å². The molecule has 1 unspecified atom stereocenters. The number of amides is 2. The zero-order valence-electron chi connectivity index (χ0n) is 21.1. The third-order valence-electron chi connectivity index (χ3n) is 6.61. The van der Waals surface area contributed by atoms with E-state index in [1.165, 1.54) is 0 Å². The van der Waals surface area contributed by atoms with Gasteiger partial charge in [0.15, 0.2) is 0 Å². The van der Waals surface area contributed by atoms with Crippen LogP contribution in [0.25, 0.3) is 0 Å². The summed E-state index contributed by atoms with van der Waals surface area (Å²) in [5.74, 6) is -5.22. The first kappa shape index (κ1) is 30.0. The number of hydrogen-bond donors (Lipinski definition) is 0. The molecule has 222 valence electrons. The molecule has 1 aromatic heterocycles. The molecular formula is C24H21F7N4O6. The van der Waals surface area contributed by atoms with Crippen LogP contribution in [-0.4, -0.2) is 82.6 Å². The molecule has 0 radical (unpaired) electrons. The third-order valence-corrected chi connectivity index (χ3v) is 6.61. The first-order chi connectivity index (χ1) is 19.1. The molecule has 3 heterocycles. The first-order valence-electron chi connectivity index (χ1n) is 12.0. The van der Waals surface area contributed by atoms with Crippen LogP contribution < -0.4 is 10.4 Å². The highest BCUT2D eigenvalue weighted by atomic mass is 19.4. The minimum atomic E-state index is -5.64. The van der Waals surface area contributed by atoms with Crippen molar-refractivity contribution in [2.24, 2.45) is 0 Å². The SMILES string of the molecule is Cc1c(Cc2ccc(F)c(C(=O)N3CCN(C4CCOC4)C(=O)C3)c2)nn(OC(=O)C(F)(F)F)c(=O)c1C(F)(F)F. The molecule has 2 aliphatic rings. The maximum absolute atomic E-state index is 14.7. The molecule has 4 rings (SSSR count). The van der Waals surface area contributed by atoms with E-state index in [1.807, 2.05) is 0 Å². The molecule has 2 fully saturated rings. The lowest BCUT2D eigenvalue weighted by Gasteiger charge is -2.37. The average molecular weight is 594 g/mol. The monoisotopic (exact) mass is 594 g/mol. The van der Waals surface area contributed by atoms with Gasteiger partial charge in [0.05, 0.1) is 23.9 Å². The van der Waals surface area contributed by atoms with Crippen molar-refractivity contribution in [1.29, 1.82) is 0 Å². The fourth-order valence-corrected chi connectivity index (χ4v) is 4.55. The molecule has 17 heteroatoms. The molecule has 2 aromatic rings. The Bertz CT molecular complexity index is 1430. The average Bonchev–Trinajstić information content (AvgIpc) is 3.41.